The quantitative estimate of drug-likeness (QED) is 0.382. The van der Waals surface area contributed by atoms with Crippen molar-refractivity contribution in [1.82, 2.24) is 9.55 Å². The molecular formula is C23H32N2O7. The van der Waals surface area contributed by atoms with Crippen molar-refractivity contribution < 1.29 is 24.8 Å². The van der Waals surface area contributed by atoms with Gasteiger partial charge < -0.3 is 24.8 Å². The molecule has 1 aromatic heterocycles. The molecule has 0 bridgehead atoms. The summed E-state index contributed by atoms with van der Waals surface area (Å²) in [5.74, 6) is 0. The molecule has 2 heterocycles. The zero-order valence-corrected chi connectivity index (χ0v) is 18.2. The highest BCUT2D eigenvalue weighted by molar-refractivity contribution is 5.17. The standard InChI is InChI=1S/C23H32N2O7/c1-2-3-4-8-11-17(15-9-6-5-7-10-15)31-14-16-12-25(23(30)24-21(16)29)22-20(28)19(27)18(13-26)32-22/h5-7,9-10,12,17-20,22,26-28H,2-4,8,11,13-14H2,1H3,(H,24,29,30)/t17?,18-,19-,20-,22-/m1/s1. The van der Waals surface area contributed by atoms with Gasteiger partial charge in [0.25, 0.3) is 5.56 Å². The zero-order chi connectivity index (χ0) is 23.1. The molecule has 4 N–H and O–H groups in total. The molecule has 2 aromatic rings. The van der Waals surface area contributed by atoms with Gasteiger partial charge in [0.15, 0.2) is 6.23 Å². The van der Waals surface area contributed by atoms with Crippen LogP contribution in [0.3, 0.4) is 0 Å². The molecule has 0 saturated carbocycles. The van der Waals surface area contributed by atoms with Crippen molar-refractivity contribution in [2.45, 2.75) is 76.3 Å². The molecule has 9 nitrogen and oxygen atoms in total. The number of ether oxygens (including phenoxy) is 2. The van der Waals surface area contributed by atoms with E-state index in [4.69, 9.17) is 9.47 Å². The van der Waals surface area contributed by atoms with E-state index in [1.165, 1.54) is 6.20 Å². The summed E-state index contributed by atoms with van der Waals surface area (Å²) >= 11 is 0. The molecule has 1 unspecified atom stereocenters. The van der Waals surface area contributed by atoms with Gasteiger partial charge in [-0.1, -0.05) is 62.9 Å². The molecule has 3 rings (SSSR count). The molecule has 1 aromatic carbocycles. The number of H-pyrrole nitrogens is 1. The Balaban J connectivity index is 1.77. The van der Waals surface area contributed by atoms with Gasteiger partial charge >= 0.3 is 5.69 Å². The number of aromatic amines is 1. The van der Waals surface area contributed by atoms with Crippen LogP contribution in [-0.4, -0.2) is 49.8 Å². The zero-order valence-electron chi connectivity index (χ0n) is 18.2. The minimum atomic E-state index is -1.43. The maximum atomic E-state index is 12.4. The summed E-state index contributed by atoms with van der Waals surface area (Å²) in [6, 6.07) is 9.77. The Morgan fingerprint density at radius 1 is 1.12 bits per heavy atom. The minimum Gasteiger partial charge on any atom is -0.394 e. The normalized spacial score (nSPS) is 24.0. The third kappa shape index (κ3) is 5.73. The van der Waals surface area contributed by atoms with E-state index in [1.54, 1.807) is 0 Å². The van der Waals surface area contributed by atoms with E-state index in [2.05, 4.69) is 11.9 Å². The Hall–Kier alpha value is -2.30. The summed E-state index contributed by atoms with van der Waals surface area (Å²) < 4.78 is 12.5. The summed E-state index contributed by atoms with van der Waals surface area (Å²) in [4.78, 5) is 26.9. The van der Waals surface area contributed by atoms with Crippen LogP contribution >= 0.6 is 0 Å². The van der Waals surface area contributed by atoms with Gasteiger partial charge in [0.05, 0.1) is 24.9 Å². The Bertz CT molecular complexity index is 959. The Labute approximate surface area is 186 Å². The second kappa shape index (κ2) is 11.5. The van der Waals surface area contributed by atoms with E-state index in [0.717, 1.165) is 42.2 Å². The van der Waals surface area contributed by atoms with Crippen LogP contribution in [0.15, 0.2) is 46.1 Å². The third-order valence-corrected chi connectivity index (χ3v) is 5.76. The lowest BCUT2D eigenvalue weighted by atomic mass is 10.0. The SMILES string of the molecule is CCCCCCC(OCc1cn([C@@H]2O[C@H](CO)[C@@H](O)[C@H]2O)c(=O)[nH]c1=O)c1ccccc1. The van der Waals surface area contributed by atoms with E-state index >= 15 is 0 Å². The number of hydrogen-bond donors (Lipinski definition) is 4. The van der Waals surface area contributed by atoms with Crippen LogP contribution in [0.2, 0.25) is 0 Å². The molecule has 1 aliphatic rings. The molecule has 0 radical (unpaired) electrons. The largest absolute Gasteiger partial charge is 0.394 e. The highest BCUT2D eigenvalue weighted by atomic mass is 16.6. The molecule has 0 amide bonds. The molecular weight excluding hydrogens is 416 g/mol. The summed E-state index contributed by atoms with van der Waals surface area (Å²) in [6.45, 7) is 1.59. The van der Waals surface area contributed by atoms with Crippen molar-refractivity contribution >= 4 is 0 Å². The lowest BCUT2D eigenvalue weighted by Gasteiger charge is -2.20. The van der Waals surface area contributed by atoms with Crippen LogP contribution in [0.25, 0.3) is 0 Å². The number of hydrogen-bond acceptors (Lipinski definition) is 7. The number of unbranched alkanes of at least 4 members (excludes halogenated alkanes) is 3. The Morgan fingerprint density at radius 3 is 2.53 bits per heavy atom. The first kappa shape index (κ1) is 24.3. The maximum Gasteiger partial charge on any atom is 0.330 e. The smallest absolute Gasteiger partial charge is 0.330 e. The van der Waals surface area contributed by atoms with E-state index < -0.39 is 42.4 Å². The average molecular weight is 449 g/mol. The first-order valence-electron chi connectivity index (χ1n) is 11.1. The van der Waals surface area contributed by atoms with Gasteiger partial charge in [-0.2, -0.15) is 0 Å². The fourth-order valence-corrected chi connectivity index (χ4v) is 3.89. The first-order valence-corrected chi connectivity index (χ1v) is 11.1. The van der Waals surface area contributed by atoms with Crippen LogP contribution in [0, 0.1) is 0 Å². The second-order valence-corrected chi connectivity index (χ2v) is 8.11. The fraction of sp³-hybridized carbons (Fsp3) is 0.565. The predicted molar refractivity (Wildman–Crippen MR) is 117 cm³/mol. The van der Waals surface area contributed by atoms with Crippen molar-refractivity contribution in [2.24, 2.45) is 0 Å². The summed E-state index contributed by atoms with van der Waals surface area (Å²) in [6.07, 6.45) is 1.20. The topological polar surface area (TPSA) is 134 Å². The molecule has 1 saturated heterocycles. The number of benzene rings is 1. The third-order valence-electron chi connectivity index (χ3n) is 5.76. The fourth-order valence-electron chi connectivity index (χ4n) is 3.89. The van der Waals surface area contributed by atoms with E-state index in [0.29, 0.717) is 0 Å². The van der Waals surface area contributed by atoms with E-state index in [-0.39, 0.29) is 18.3 Å². The van der Waals surface area contributed by atoms with Gasteiger partial charge in [0.2, 0.25) is 0 Å². The molecule has 1 aliphatic heterocycles. The van der Waals surface area contributed by atoms with Crippen molar-refractivity contribution in [2.75, 3.05) is 6.61 Å². The monoisotopic (exact) mass is 448 g/mol. The number of nitrogens with one attached hydrogen (secondary N) is 1. The highest BCUT2D eigenvalue weighted by Gasteiger charge is 2.43. The molecule has 1 fully saturated rings. The summed E-state index contributed by atoms with van der Waals surface area (Å²) in [5.41, 5.74) is -0.169. The number of aliphatic hydroxyl groups excluding tert-OH is 3. The van der Waals surface area contributed by atoms with Crippen molar-refractivity contribution in [3.05, 3.63) is 68.5 Å². The van der Waals surface area contributed by atoms with Crippen LogP contribution in [0.1, 0.15) is 62.5 Å². The van der Waals surface area contributed by atoms with Crippen molar-refractivity contribution in [3.63, 3.8) is 0 Å². The van der Waals surface area contributed by atoms with E-state index in [9.17, 15) is 24.9 Å². The minimum absolute atomic E-state index is 0.0439. The van der Waals surface area contributed by atoms with Crippen molar-refractivity contribution in [3.8, 4) is 0 Å². The maximum absolute atomic E-state index is 12.4. The Morgan fingerprint density at radius 2 is 1.88 bits per heavy atom. The van der Waals surface area contributed by atoms with E-state index in [1.807, 2.05) is 30.3 Å². The Kier molecular flexibility index (Phi) is 8.77. The lowest BCUT2D eigenvalue weighted by molar-refractivity contribution is -0.0554. The lowest BCUT2D eigenvalue weighted by Crippen LogP contribution is -2.39. The molecule has 176 valence electrons. The second-order valence-electron chi connectivity index (χ2n) is 8.11. The number of rotatable bonds is 11. The van der Waals surface area contributed by atoms with Gasteiger partial charge in [-0.05, 0) is 12.0 Å². The van der Waals surface area contributed by atoms with Crippen LogP contribution in [0.4, 0.5) is 0 Å². The number of nitrogens with zero attached hydrogens (tertiary/aromatic N) is 1. The molecule has 0 spiro atoms. The van der Waals surface area contributed by atoms with Crippen LogP contribution in [0.5, 0.6) is 0 Å². The highest BCUT2D eigenvalue weighted by Crippen LogP contribution is 2.28. The van der Waals surface area contributed by atoms with Gasteiger partial charge in [-0.15, -0.1) is 0 Å². The van der Waals surface area contributed by atoms with Gasteiger partial charge in [0.1, 0.15) is 18.3 Å². The molecule has 32 heavy (non-hydrogen) atoms. The average Bonchev–Trinajstić information content (AvgIpc) is 3.08. The summed E-state index contributed by atoms with van der Waals surface area (Å²) in [5, 5.41) is 29.5. The van der Waals surface area contributed by atoms with Crippen LogP contribution < -0.4 is 11.2 Å². The summed E-state index contributed by atoms with van der Waals surface area (Å²) in [7, 11) is 0. The number of aromatic nitrogens is 2. The molecule has 0 aliphatic carbocycles. The predicted octanol–water partition coefficient (Wildman–Crippen LogP) is 1.38. The van der Waals surface area contributed by atoms with Gasteiger partial charge in [-0.3, -0.25) is 14.3 Å². The van der Waals surface area contributed by atoms with Crippen LogP contribution in [-0.2, 0) is 16.1 Å². The first-order chi connectivity index (χ1) is 15.5. The number of aliphatic hydroxyl groups is 3. The molecule has 5 atom stereocenters. The van der Waals surface area contributed by atoms with Gasteiger partial charge in [0, 0.05) is 6.20 Å². The van der Waals surface area contributed by atoms with Gasteiger partial charge in [-0.25, -0.2) is 4.79 Å². The van der Waals surface area contributed by atoms with Crippen molar-refractivity contribution in [1.29, 1.82) is 0 Å². The molecule has 9 heteroatoms.